The molecule has 0 aliphatic carbocycles. The molecular weight excluding hydrogens is 320 g/mol. The van der Waals surface area contributed by atoms with Crippen LogP contribution in [0.15, 0.2) is 54.6 Å². The molecule has 0 unspecified atom stereocenters. The first kappa shape index (κ1) is 17.7. The van der Waals surface area contributed by atoms with Crippen LogP contribution in [-0.2, 0) is 9.59 Å². The van der Waals surface area contributed by atoms with Crippen LogP contribution >= 0.6 is 0 Å². The number of carbonyl (C=O) groups excluding carboxylic acids is 3. The molecular formula is C18H18N4O3. The number of carbonyl (C=O) groups is 3. The third-order valence-electron chi connectivity index (χ3n) is 3.06. The summed E-state index contributed by atoms with van der Waals surface area (Å²) in [5, 5.41) is 7.79. The maximum Gasteiger partial charge on any atom is 0.316 e. The van der Waals surface area contributed by atoms with Gasteiger partial charge in [0, 0.05) is 30.1 Å². The van der Waals surface area contributed by atoms with Crippen LogP contribution in [0.2, 0.25) is 0 Å². The van der Waals surface area contributed by atoms with Crippen molar-refractivity contribution in [2.24, 2.45) is 5.73 Å². The van der Waals surface area contributed by atoms with E-state index in [1.54, 1.807) is 54.6 Å². The lowest BCUT2D eigenvalue weighted by Crippen LogP contribution is -2.19. The normalized spacial score (nSPS) is 10.3. The number of urea groups is 1. The van der Waals surface area contributed by atoms with Gasteiger partial charge in [0.15, 0.2) is 0 Å². The zero-order valence-corrected chi connectivity index (χ0v) is 13.6. The van der Waals surface area contributed by atoms with E-state index in [-0.39, 0.29) is 11.8 Å². The fourth-order valence-corrected chi connectivity index (χ4v) is 2.05. The van der Waals surface area contributed by atoms with E-state index in [0.29, 0.717) is 17.1 Å². The summed E-state index contributed by atoms with van der Waals surface area (Å²) >= 11 is 0. The van der Waals surface area contributed by atoms with Gasteiger partial charge in [0.1, 0.15) is 0 Å². The molecule has 0 radical (unpaired) electrons. The first-order chi connectivity index (χ1) is 11.9. The first-order valence-corrected chi connectivity index (χ1v) is 7.45. The van der Waals surface area contributed by atoms with E-state index in [2.05, 4.69) is 16.0 Å². The number of nitrogens with two attached hydrogens (primary N) is 1. The van der Waals surface area contributed by atoms with Gasteiger partial charge in [0.25, 0.3) is 0 Å². The number of hydrogen-bond donors (Lipinski definition) is 4. The first-order valence-electron chi connectivity index (χ1n) is 7.45. The molecule has 4 amide bonds. The summed E-state index contributed by atoms with van der Waals surface area (Å²) in [6, 6.07) is 13.0. The highest BCUT2D eigenvalue weighted by Gasteiger charge is 2.01. The molecule has 0 heterocycles. The number of benzene rings is 2. The number of hydrogen-bond acceptors (Lipinski definition) is 3. The second-order valence-corrected chi connectivity index (χ2v) is 5.20. The van der Waals surface area contributed by atoms with Crippen LogP contribution in [-0.4, -0.2) is 17.8 Å². The van der Waals surface area contributed by atoms with Crippen molar-refractivity contribution in [3.63, 3.8) is 0 Å². The molecule has 7 nitrogen and oxygen atoms in total. The van der Waals surface area contributed by atoms with Crippen LogP contribution in [0.25, 0.3) is 6.08 Å². The highest BCUT2D eigenvalue weighted by Crippen LogP contribution is 2.15. The summed E-state index contributed by atoms with van der Waals surface area (Å²) < 4.78 is 0. The van der Waals surface area contributed by atoms with Crippen molar-refractivity contribution in [1.29, 1.82) is 0 Å². The topological polar surface area (TPSA) is 113 Å². The number of rotatable bonds is 5. The van der Waals surface area contributed by atoms with Gasteiger partial charge in [-0.2, -0.15) is 0 Å². The average molecular weight is 338 g/mol. The van der Waals surface area contributed by atoms with E-state index in [0.717, 1.165) is 5.56 Å². The van der Waals surface area contributed by atoms with Crippen molar-refractivity contribution in [1.82, 2.24) is 0 Å². The summed E-state index contributed by atoms with van der Waals surface area (Å²) in [7, 11) is 0. The van der Waals surface area contributed by atoms with Crippen molar-refractivity contribution >= 4 is 41.0 Å². The van der Waals surface area contributed by atoms with Gasteiger partial charge in [0.2, 0.25) is 11.8 Å². The highest BCUT2D eigenvalue weighted by molar-refractivity contribution is 6.02. The van der Waals surface area contributed by atoms with Gasteiger partial charge in [-0.15, -0.1) is 0 Å². The lowest BCUT2D eigenvalue weighted by Gasteiger charge is -2.06. The third kappa shape index (κ3) is 6.19. The molecule has 2 aromatic rings. The molecule has 2 aromatic carbocycles. The van der Waals surface area contributed by atoms with Gasteiger partial charge < -0.3 is 21.7 Å². The molecule has 0 spiro atoms. The molecule has 7 heteroatoms. The minimum Gasteiger partial charge on any atom is -0.351 e. The van der Waals surface area contributed by atoms with Gasteiger partial charge in [-0.25, -0.2) is 4.79 Å². The van der Waals surface area contributed by atoms with Crippen molar-refractivity contribution < 1.29 is 14.4 Å². The second-order valence-electron chi connectivity index (χ2n) is 5.20. The molecule has 0 atom stereocenters. The molecule has 5 N–H and O–H groups in total. The fourth-order valence-electron chi connectivity index (χ4n) is 2.05. The zero-order valence-electron chi connectivity index (χ0n) is 13.6. The summed E-state index contributed by atoms with van der Waals surface area (Å²) in [6.45, 7) is 1.44. The number of primary amides is 1. The van der Waals surface area contributed by atoms with Gasteiger partial charge in [-0.05, 0) is 42.0 Å². The van der Waals surface area contributed by atoms with Gasteiger partial charge >= 0.3 is 6.03 Å². The van der Waals surface area contributed by atoms with E-state index in [4.69, 9.17) is 5.73 Å². The Balaban J connectivity index is 1.96. The van der Waals surface area contributed by atoms with Crippen LogP contribution in [0.5, 0.6) is 0 Å². The molecule has 0 aliphatic heterocycles. The zero-order chi connectivity index (χ0) is 18.2. The number of anilines is 3. The van der Waals surface area contributed by atoms with Crippen LogP contribution in [0.4, 0.5) is 21.9 Å². The molecule has 0 aliphatic rings. The van der Waals surface area contributed by atoms with E-state index in [1.165, 1.54) is 13.0 Å². The maximum absolute atomic E-state index is 12.0. The smallest absolute Gasteiger partial charge is 0.316 e. The third-order valence-corrected chi connectivity index (χ3v) is 3.06. The number of amides is 4. The molecule has 0 aromatic heterocycles. The van der Waals surface area contributed by atoms with E-state index >= 15 is 0 Å². The molecule has 0 bridgehead atoms. The minimum absolute atomic E-state index is 0.143. The average Bonchev–Trinajstić information content (AvgIpc) is 2.53. The van der Waals surface area contributed by atoms with E-state index in [1.807, 2.05) is 0 Å². The minimum atomic E-state index is -0.675. The van der Waals surface area contributed by atoms with E-state index < -0.39 is 6.03 Å². The van der Waals surface area contributed by atoms with Crippen LogP contribution in [0.1, 0.15) is 12.5 Å². The monoisotopic (exact) mass is 338 g/mol. The Kier molecular flexibility index (Phi) is 5.89. The van der Waals surface area contributed by atoms with E-state index in [9.17, 15) is 14.4 Å². The van der Waals surface area contributed by atoms with Crippen molar-refractivity contribution in [3.05, 3.63) is 60.2 Å². The van der Waals surface area contributed by atoms with Crippen LogP contribution in [0.3, 0.4) is 0 Å². The Labute approximate surface area is 144 Å². The van der Waals surface area contributed by atoms with Crippen molar-refractivity contribution in [3.8, 4) is 0 Å². The Bertz CT molecular complexity index is 813. The summed E-state index contributed by atoms with van der Waals surface area (Å²) in [5.74, 6) is -0.460. The fraction of sp³-hybridized carbons (Fsp3) is 0.0556. The van der Waals surface area contributed by atoms with Crippen LogP contribution < -0.4 is 21.7 Å². The molecule has 25 heavy (non-hydrogen) atoms. The molecule has 0 fully saturated rings. The number of nitrogens with one attached hydrogen (secondary N) is 3. The predicted molar refractivity (Wildman–Crippen MR) is 98.1 cm³/mol. The van der Waals surface area contributed by atoms with Gasteiger partial charge in [-0.3, -0.25) is 9.59 Å². The van der Waals surface area contributed by atoms with Gasteiger partial charge in [-0.1, -0.05) is 18.2 Å². The lowest BCUT2D eigenvalue weighted by atomic mass is 10.2. The van der Waals surface area contributed by atoms with Crippen molar-refractivity contribution in [2.75, 3.05) is 16.0 Å². The Morgan fingerprint density at radius 3 is 2.12 bits per heavy atom. The Morgan fingerprint density at radius 2 is 1.52 bits per heavy atom. The molecule has 128 valence electrons. The predicted octanol–water partition coefficient (Wildman–Crippen LogP) is 2.79. The summed E-state index contributed by atoms with van der Waals surface area (Å²) in [6.07, 6.45) is 3.04. The second kappa shape index (κ2) is 8.30. The Morgan fingerprint density at radius 1 is 0.880 bits per heavy atom. The quantitative estimate of drug-likeness (QED) is 0.629. The lowest BCUT2D eigenvalue weighted by molar-refractivity contribution is -0.114. The molecule has 2 rings (SSSR count). The Hall–Kier alpha value is -3.61. The van der Waals surface area contributed by atoms with Crippen molar-refractivity contribution in [2.45, 2.75) is 6.92 Å². The molecule has 0 saturated heterocycles. The SMILES string of the molecule is CC(=O)Nc1ccc(/C=C/C(=O)Nc2cccc(NC(N)=O)c2)cc1. The standard InChI is InChI=1S/C18H18N4O3/c1-12(23)20-14-8-5-13(6-9-14)7-10-17(24)21-15-3-2-4-16(11-15)22-18(19)25/h2-11H,1H3,(H,20,23)(H,21,24)(H3,19,22,25)/b10-7+. The maximum atomic E-state index is 12.0. The summed E-state index contributed by atoms with van der Waals surface area (Å²) in [4.78, 5) is 33.8. The summed E-state index contributed by atoms with van der Waals surface area (Å²) in [5.41, 5.74) is 7.57. The molecule has 0 saturated carbocycles. The van der Waals surface area contributed by atoms with Crippen LogP contribution in [0, 0.1) is 0 Å². The highest BCUT2D eigenvalue weighted by atomic mass is 16.2. The largest absolute Gasteiger partial charge is 0.351 e. The van der Waals surface area contributed by atoms with Gasteiger partial charge in [0.05, 0.1) is 0 Å².